The fraction of sp³-hybridized carbons (Fsp3) is 0.421. The van der Waals surface area contributed by atoms with E-state index in [1.807, 2.05) is 66.6 Å². The molecule has 1 saturated heterocycles. The summed E-state index contributed by atoms with van der Waals surface area (Å²) in [6.07, 6.45) is 6.78. The van der Waals surface area contributed by atoms with Crippen molar-refractivity contribution in [2.75, 3.05) is 27.2 Å². The van der Waals surface area contributed by atoms with E-state index in [-0.39, 0.29) is 41.6 Å². The van der Waals surface area contributed by atoms with Crippen molar-refractivity contribution in [1.29, 1.82) is 0 Å². The molecule has 4 aliphatic rings. The summed E-state index contributed by atoms with van der Waals surface area (Å²) in [6.45, 7) is 5.06. The highest BCUT2D eigenvalue weighted by atomic mass is 16.5. The highest BCUT2D eigenvalue weighted by molar-refractivity contribution is 5.92. The third kappa shape index (κ3) is 5.02. The van der Waals surface area contributed by atoms with Gasteiger partial charge in [0.15, 0.2) is 11.5 Å². The first kappa shape index (κ1) is 29.6. The minimum atomic E-state index is -0.332. The predicted octanol–water partition coefficient (Wildman–Crippen LogP) is 5.89. The number of amides is 1. The largest absolute Gasteiger partial charge is 0.493 e. The highest BCUT2D eigenvalue weighted by Gasteiger charge is 2.66. The normalized spacial score (nSPS) is 26.9. The van der Waals surface area contributed by atoms with Gasteiger partial charge in [-0.2, -0.15) is 0 Å². The molecule has 0 N–H and O–H groups in total. The fourth-order valence-corrected chi connectivity index (χ4v) is 8.89. The number of nitrogens with zero attached hydrogens (tertiary/aromatic N) is 2. The van der Waals surface area contributed by atoms with Gasteiger partial charge in [-0.15, -0.1) is 0 Å². The van der Waals surface area contributed by atoms with Crippen molar-refractivity contribution in [3.63, 3.8) is 0 Å². The molecule has 2 aliphatic heterocycles. The zero-order valence-electron chi connectivity index (χ0n) is 26.6. The quantitative estimate of drug-likeness (QED) is 0.236. The summed E-state index contributed by atoms with van der Waals surface area (Å²) in [5.41, 5.74) is 5.59. The van der Waals surface area contributed by atoms with E-state index in [0.29, 0.717) is 12.5 Å². The number of likely N-dealkylation sites (tertiary alicyclic amines) is 1. The topological polar surface area (TPSA) is 68.3 Å². The first-order chi connectivity index (χ1) is 21.8. The number of benzene rings is 3. The van der Waals surface area contributed by atoms with E-state index in [0.717, 1.165) is 54.9 Å². The molecule has 45 heavy (non-hydrogen) atoms. The summed E-state index contributed by atoms with van der Waals surface area (Å²) in [7, 11) is 3.63. The summed E-state index contributed by atoms with van der Waals surface area (Å²) in [5.74, 6) is 1.70. The van der Waals surface area contributed by atoms with Crippen LogP contribution in [0.4, 0.5) is 0 Å². The number of carbonyl (C=O) groups is 2. The number of hydrogen-bond donors (Lipinski definition) is 0. The van der Waals surface area contributed by atoms with Crippen LogP contribution >= 0.6 is 0 Å². The van der Waals surface area contributed by atoms with Crippen LogP contribution in [0, 0.1) is 12.8 Å². The van der Waals surface area contributed by atoms with Crippen molar-refractivity contribution in [3.8, 4) is 11.5 Å². The Morgan fingerprint density at radius 3 is 2.69 bits per heavy atom. The van der Waals surface area contributed by atoms with Gasteiger partial charge in [0.25, 0.3) is 0 Å². The minimum absolute atomic E-state index is 0.0139. The molecule has 6 atom stereocenters. The van der Waals surface area contributed by atoms with Crippen molar-refractivity contribution >= 4 is 18.0 Å². The molecule has 3 aromatic rings. The average Bonchev–Trinajstić information content (AvgIpc) is 3.39. The van der Waals surface area contributed by atoms with E-state index in [4.69, 9.17) is 14.2 Å². The molecule has 0 aromatic heterocycles. The molecule has 3 aromatic carbocycles. The van der Waals surface area contributed by atoms with Crippen LogP contribution in [0.25, 0.3) is 6.08 Å². The Morgan fingerprint density at radius 2 is 1.93 bits per heavy atom. The molecule has 0 radical (unpaired) electrons. The van der Waals surface area contributed by atoms with Gasteiger partial charge in [0.05, 0.1) is 13.2 Å². The number of esters is 1. The van der Waals surface area contributed by atoms with Crippen LogP contribution in [-0.4, -0.2) is 67.1 Å². The maximum atomic E-state index is 13.6. The first-order valence-electron chi connectivity index (χ1n) is 16.1. The van der Waals surface area contributed by atoms with Crippen LogP contribution < -0.4 is 9.47 Å². The smallest absolute Gasteiger partial charge is 0.303 e. The maximum Gasteiger partial charge on any atom is 0.303 e. The molecule has 2 aliphatic carbocycles. The summed E-state index contributed by atoms with van der Waals surface area (Å²) in [4.78, 5) is 30.3. The van der Waals surface area contributed by atoms with Gasteiger partial charge >= 0.3 is 5.97 Å². The van der Waals surface area contributed by atoms with E-state index in [2.05, 4.69) is 30.0 Å². The third-order valence-electron chi connectivity index (χ3n) is 10.8. The molecule has 2 heterocycles. The minimum Gasteiger partial charge on any atom is -0.493 e. The molecular weight excluding hydrogens is 564 g/mol. The molecule has 7 nitrogen and oxygen atoms in total. The van der Waals surface area contributed by atoms with Gasteiger partial charge in [-0.3, -0.25) is 14.5 Å². The molecular formula is C38H42N2O5. The molecule has 1 spiro atoms. The highest BCUT2D eigenvalue weighted by Crippen LogP contribution is 2.64. The van der Waals surface area contributed by atoms with Gasteiger partial charge in [-0.1, -0.05) is 66.2 Å². The Balaban J connectivity index is 1.21. The average molecular weight is 607 g/mol. The molecule has 1 saturated carbocycles. The Hall–Kier alpha value is -4.10. The molecule has 234 valence electrons. The lowest BCUT2D eigenvalue weighted by molar-refractivity contribution is -0.150. The van der Waals surface area contributed by atoms with Gasteiger partial charge in [0.1, 0.15) is 12.2 Å². The van der Waals surface area contributed by atoms with Gasteiger partial charge in [-0.25, -0.2) is 0 Å². The van der Waals surface area contributed by atoms with E-state index >= 15 is 0 Å². The third-order valence-corrected chi connectivity index (χ3v) is 10.8. The molecule has 7 heteroatoms. The lowest BCUT2D eigenvalue weighted by atomic mass is 9.51. The van der Waals surface area contributed by atoms with Gasteiger partial charge in [-0.05, 0) is 73.9 Å². The zero-order chi connectivity index (χ0) is 31.3. The summed E-state index contributed by atoms with van der Waals surface area (Å²) in [5, 5.41) is 0. The van der Waals surface area contributed by atoms with Gasteiger partial charge < -0.3 is 19.1 Å². The number of rotatable bonds is 8. The van der Waals surface area contributed by atoms with Crippen molar-refractivity contribution in [3.05, 3.63) is 101 Å². The second-order valence-electron chi connectivity index (χ2n) is 13.2. The molecule has 2 bridgehead atoms. The van der Waals surface area contributed by atoms with Gasteiger partial charge in [0.2, 0.25) is 5.91 Å². The molecule has 2 fully saturated rings. The number of piperidine rings is 1. The second kappa shape index (κ2) is 11.7. The van der Waals surface area contributed by atoms with Gasteiger partial charge in [0, 0.05) is 43.6 Å². The number of aryl methyl sites for hydroxylation is 1. The Labute approximate surface area is 265 Å². The summed E-state index contributed by atoms with van der Waals surface area (Å²) < 4.78 is 18.7. The van der Waals surface area contributed by atoms with E-state index in [9.17, 15) is 9.59 Å². The Kier molecular flexibility index (Phi) is 7.68. The second-order valence-corrected chi connectivity index (χ2v) is 13.2. The Bertz CT molecular complexity index is 1640. The number of ether oxygens (including phenoxy) is 3. The number of methoxy groups -OCH3 is 1. The summed E-state index contributed by atoms with van der Waals surface area (Å²) >= 11 is 0. The molecule has 1 unspecified atom stereocenters. The Morgan fingerprint density at radius 1 is 1.11 bits per heavy atom. The number of likely N-dealkylation sites (N-methyl/N-ethyl adjacent to an activating group) is 1. The van der Waals surface area contributed by atoms with Crippen LogP contribution in [0.1, 0.15) is 60.1 Å². The van der Waals surface area contributed by atoms with Crippen LogP contribution in [0.5, 0.6) is 11.5 Å². The van der Waals surface area contributed by atoms with Crippen molar-refractivity contribution < 1.29 is 23.8 Å². The number of hydrogen-bond acceptors (Lipinski definition) is 6. The molecule has 1 amide bonds. The SMILES string of the molecule is COc1ccc2c3c1O[C@H]1[C@H](N(C)C(=O)C=Cc4cccc(C)c4)CC[C@H]4[C@@H](C2)N(CC(OC(C)=O)c2ccccc2)CC[C@@]341. The van der Waals surface area contributed by atoms with Crippen LogP contribution in [0.15, 0.2) is 72.8 Å². The predicted molar refractivity (Wildman–Crippen MR) is 173 cm³/mol. The monoisotopic (exact) mass is 606 g/mol. The lowest BCUT2D eigenvalue weighted by Crippen LogP contribution is -2.69. The van der Waals surface area contributed by atoms with Crippen molar-refractivity contribution in [2.24, 2.45) is 5.92 Å². The fourth-order valence-electron chi connectivity index (χ4n) is 8.89. The van der Waals surface area contributed by atoms with Crippen LogP contribution in [0.2, 0.25) is 0 Å². The number of carbonyl (C=O) groups excluding carboxylic acids is 2. The van der Waals surface area contributed by atoms with E-state index < -0.39 is 0 Å². The van der Waals surface area contributed by atoms with E-state index in [1.54, 1.807) is 13.2 Å². The van der Waals surface area contributed by atoms with E-state index in [1.165, 1.54) is 23.6 Å². The molecule has 7 rings (SSSR count). The lowest BCUT2D eigenvalue weighted by Gasteiger charge is -2.60. The van der Waals surface area contributed by atoms with Crippen LogP contribution in [0.3, 0.4) is 0 Å². The van der Waals surface area contributed by atoms with Crippen molar-refractivity contribution in [2.45, 2.75) is 69.2 Å². The van der Waals surface area contributed by atoms with Crippen LogP contribution in [-0.2, 0) is 26.2 Å². The standard InChI is InChI=1S/C38H42N2O5/c1-24-9-8-10-26(21-24)13-18-34(42)39(3)30-16-15-29-31-22-28-14-17-32(43-4)36-35(28)38(29,37(30)45-36)19-20-40(31)23-33(44-25(2)41)27-11-6-5-7-12-27/h5-14,17-18,21,29-31,33,37H,15-16,19-20,22-23H2,1-4H3/t29-,30+,31+,33?,37-,38-/m0/s1. The summed E-state index contributed by atoms with van der Waals surface area (Å²) in [6, 6.07) is 22.7. The first-order valence-corrected chi connectivity index (χ1v) is 16.1. The van der Waals surface area contributed by atoms with Crippen molar-refractivity contribution in [1.82, 2.24) is 9.80 Å². The zero-order valence-corrected chi connectivity index (χ0v) is 26.6. The maximum absolute atomic E-state index is 13.6.